The van der Waals surface area contributed by atoms with Crippen molar-refractivity contribution < 1.29 is 0 Å². The van der Waals surface area contributed by atoms with E-state index < -0.39 is 0 Å². The van der Waals surface area contributed by atoms with E-state index in [0.717, 1.165) is 17.3 Å². The summed E-state index contributed by atoms with van der Waals surface area (Å²) in [5.41, 5.74) is 1.21. The summed E-state index contributed by atoms with van der Waals surface area (Å²) in [6, 6.07) is 9.62. The summed E-state index contributed by atoms with van der Waals surface area (Å²) >= 11 is 9.41. The molecule has 16 heavy (non-hydrogen) atoms. The van der Waals surface area contributed by atoms with Crippen molar-refractivity contribution in [2.75, 3.05) is 0 Å². The molecule has 1 atom stereocenters. The Morgan fingerprint density at radius 3 is 2.38 bits per heavy atom. The molecule has 0 saturated carbocycles. The van der Waals surface area contributed by atoms with Gasteiger partial charge in [0, 0.05) is 17.4 Å². The molecule has 0 amide bonds. The van der Waals surface area contributed by atoms with Crippen molar-refractivity contribution in [1.29, 1.82) is 0 Å². The van der Waals surface area contributed by atoms with Crippen LogP contribution in [0.15, 0.2) is 42.7 Å². The lowest BCUT2D eigenvalue weighted by Gasteiger charge is -2.07. The van der Waals surface area contributed by atoms with Gasteiger partial charge in [-0.2, -0.15) is 0 Å². The van der Waals surface area contributed by atoms with Crippen LogP contribution in [0.2, 0.25) is 5.02 Å². The molecule has 2 nitrogen and oxygen atoms in total. The molecule has 4 heteroatoms. The highest BCUT2D eigenvalue weighted by Crippen LogP contribution is 2.24. The smallest absolute Gasteiger partial charge is 0.142 e. The Morgan fingerprint density at radius 1 is 1.12 bits per heavy atom. The number of nitrogens with zero attached hydrogens (tertiary/aromatic N) is 2. The van der Waals surface area contributed by atoms with E-state index in [1.54, 1.807) is 12.4 Å². The topological polar surface area (TPSA) is 25.8 Å². The van der Waals surface area contributed by atoms with Gasteiger partial charge in [-0.15, -0.1) is 0 Å². The summed E-state index contributed by atoms with van der Waals surface area (Å²) in [4.78, 5) is 8.55. The third-order valence-electron chi connectivity index (χ3n) is 2.19. The van der Waals surface area contributed by atoms with Crippen LogP contribution in [0.4, 0.5) is 0 Å². The van der Waals surface area contributed by atoms with Gasteiger partial charge in [0.1, 0.15) is 5.82 Å². The second-order valence-corrected chi connectivity index (χ2v) is 4.95. The summed E-state index contributed by atoms with van der Waals surface area (Å²) < 4.78 is 0. The summed E-state index contributed by atoms with van der Waals surface area (Å²) in [6.07, 6.45) is 4.35. The average Bonchev–Trinajstić information content (AvgIpc) is 2.33. The van der Waals surface area contributed by atoms with Gasteiger partial charge in [-0.3, -0.25) is 0 Å². The Bertz CT molecular complexity index is 444. The Morgan fingerprint density at radius 2 is 1.75 bits per heavy atom. The molecule has 1 heterocycles. The lowest BCUT2D eigenvalue weighted by atomic mass is 10.1. The van der Waals surface area contributed by atoms with Crippen molar-refractivity contribution in [2.45, 2.75) is 11.2 Å². The van der Waals surface area contributed by atoms with E-state index in [0.29, 0.717) is 0 Å². The van der Waals surface area contributed by atoms with Crippen LogP contribution < -0.4 is 0 Å². The lowest BCUT2D eigenvalue weighted by Crippen LogP contribution is -2.00. The molecule has 0 spiro atoms. The molecule has 1 aromatic carbocycles. The Kier molecular flexibility index (Phi) is 3.91. The summed E-state index contributed by atoms with van der Waals surface area (Å²) in [5, 5.41) is 0.755. The summed E-state index contributed by atoms with van der Waals surface area (Å²) in [5.74, 6) is 0.803. The van der Waals surface area contributed by atoms with Crippen LogP contribution >= 0.6 is 27.5 Å². The molecule has 0 aliphatic carbocycles. The fourth-order valence-corrected chi connectivity index (χ4v) is 2.13. The number of rotatable bonds is 3. The Labute approximate surface area is 108 Å². The molecule has 2 aromatic rings. The van der Waals surface area contributed by atoms with Crippen LogP contribution in [0.25, 0.3) is 0 Å². The SMILES string of the molecule is Clc1ccc(CC(Br)c2ncccn2)cc1. The first kappa shape index (κ1) is 11.6. The van der Waals surface area contributed by atoms with Gasteiger partial charge in [-0.05, 0) is 30.2 Å². The minimum Gasteiger partial charge on any atom is -0.240 e. The zero-order valence-electron chi connectivity index (χ0n) is 8.48. The van der Waals surface area contributed by atoms with Crippen molar-refractivity contribution in [3.05, 3.63) is 59.1 Å². The predicted octanol–water partition coefficient (Wildman–Crippen LogP) is 3.81. The lowest BCUT2D eigenvalue weighted by molar-refractivity contribution is 0.849. The fraction of sp³-hybridized carbons (Fsp3) is 0.167. The summed E-state index contributed by atoms with van der Waals surface area (Å²) in [7, 11) is 0. The van der Waals surface area contributed by atoms with Crippen molar-refractivity contribution >= 4 is 27.5 Å². The second-order valence-electron chi connectivity index (χ2n) is 3.41. The van der Waals surface area contributed by atoms with Gasteiger partial charge in [0.15, 0.2) is 0 Å². The van der Waals surface area contributed by atoms with Crippen LogP contribution in [0.5, 0.6) is 0 Å². The number of aromatic nitrogens is 2. The molecule has 0 saturated heterocycles. The maximum atomic E-state index is 5.83. The van der Waals surface area contributed by atoms with Crippen molar-refractivity contribution in [2.24, 2.45) is 0 Å². The van der Waals surface area contributed by atoms with Crippen LogP contribution in [0.3, 0.4) is 0 Å². The molecule has 82 valence electrons. The molecule has 1 aromatic heterocycles. The van der Waals surface area contributed by atoms with Crippen molar-refractivity contribution in [3.8, 4) is 0 Å². The van der Waals surface area contributed by atoms with E-state index >= 15 is 0 Å². The van der Waals surface area contributed by atoms with Crippen LogP contribution in [0.1, 0.15) is 16.2 Å². The molecule has 0 aliphatic heterocycles. The zero-order chi connectivity index (χ0) is 11.4. The molecule has 0 radical (unpaired) electrons. The van der Waals surface area contributed by atoms with E-state index in [9.17, 15) is 0 Å². The first-order valence-electron chi connectivity index (χ1n) is 4.91. The quantitative estimate of drug-likeness (QED) is 0.805. The van der Waals surface area contributed by atoms with E-state index in [2.05, 4.69) is 25.9 Å². The van der Waals surface area contributed by atoms with E-state index in [1.807, 2.05) is 30.3 Å². The highest BCUT2D eigenvalue weighted by Gasteiger charge is 2.10. The molecule has 0 N–H and O–H groups in total. The average molecular weight is 298 g/mol. The maximum Gasteiger partial charge on any atom is 0.142 e. The summed E-state index contributed by atoms with van der Waals surface area (Å²) in [6.45, 7) is 0. The molecule has 0 aliphatic rings. The van der Waals surface area contributed by atoms with Gasteiger partial charge in [0.25, 0.3) is 0 Å². The van der Waals surface area contributed by atoms with E-state index in [-0.39, 0.29) is 4.83 Å². The number of benzene rings is 1. The number of hydrogen-bond acceptors (Lipinski definition) is 2. The fourth-order valence-electron chi connectivity index (χ4n) is 1.39. The van der Waals surface area contributed by atoms with Gasteiger partial charge < -0.3 is 0 Å². The molecular weight excluding hydrogens is 288 g/mol. The first-order valence-corrected chi connectivity index (χ1v) is 6.20. The minimum absolute atomic E-state index is 0.134. The third-order valence-corrected chi connectivity index (χ3v) is 3.18. The van der Waals surface area contributed by atoms with Crippen LogP contribution in [-0.2, 0) is 6.42 Å². The minimum atomic E-state index is 0.134. The molecule has 1 unspecified atom stereocenters. The molecule has 0 fully saturated rings. The largest absolute Gasteiger partial charge is 0.240 e. The van der Waals surface area contributed by atoms with Gasteiger partial charge in [0.05, 0.1) is 4.83 Å². The predicted molar refractivity (Wildman–Crippen MR) is 68.9 cm³/mol. The zero-order valence-corrected chi connectivity index (χ0v) is 10.8. The Hall–Kier alpha value is -0.930. The monoisotopic (exact) mass is 296 g/mol. The highest BCUT2D eigenvalue weighted by atomic mass is 79.9. The Balaban J connectivity index is 2.08. The second kappa shape index (κ2) is 5.41. The maximum absolute atomic E-state index is 5.83. The van der Waals surface area contributed by atoms with Crippen LogP contribution in [0, 0.1) is 0 Å². The van der Waals surface area contributed by atoms with E-state index in [4.69, 9.17) is 11.6 Å². The molecule has 2 rings (SSSR count). The van der Waals surface area contributed by atoms with Crippen LogP contribution in [-0.4, -0.2) is 9.97 Å². The van der Waals surface area contributed by atoms with Gasteiger partial charge in [-0.25, -0.2) is 9.97 Å². The number of halogens is 2. The van der Waals surface area contributed by atoms with E-state index in [1.165, 1.54) is 5.56 Å². The van der Waals surface area contributed by atoms with Gasteiger partial charge in [0.2, 0.25) is 0 Å². The van der Waals surface area contributed by atoms with Gasteiger partial charge >= 0.3 is 0 Å². The third kappa shape index (κ3) is 3.03. The van der Waals surface area contributed by atoms with Crippen molar-refractivity contribution in [1.82, 2.24) is 9.97 Å². The molecule has 0 bridgehead atoms. The van der Waals surface area contributed by atoms with Crippen molar-refractivity contribution in [3.63, 3.8) is 0 Å². The molecular formula is C12H10BrClN2. The standard InChI is InChI=1S/C12H10BrClN2/c13-11(12-15-6-1-7-16-12)8-9-2-4-10(14)5-3-9/h1-7,11H,8H2. The first-order chi connectivity index (χ1) is 7.75. The van der Waals surface area contributed by atoms with Gasteiger partial charge in [-0.1, -0.05) is 39.7 Å². The number of hydrogen-bond donors (Lipinski definition) is 0. The number of alkyl halides is 1. The normalized spacial score (nSPS) is 12.4. The highest BCUT2D eigenvalue weighted by molar-refractivity contribution is 9.09.